The van der Waals surface area contributed by atoms with Crippen LogP contribution in [0.4, 0.5) is 13.2 Å². The molecule has 0 bridgehead atoms. The Balaban J connectivity index is 2.65. The number of allylic oxidation sites excluding steroid dienone is 1. The zero-order valence-corrected chi connectivity index (χ0v) is 10.2. The maximum Gasteiger partial charge on any atom is 0.229 e. The Morgan fingerprint density at radius 2 is 1.79 bits per heavy atom. The molecular weight excluding hydrogens is 259 g/mol. The Morgan fingerprint density at radius 1 is 1.21 bits per heavy atom. The van der Waals surface area contributed by atoms with Gasteiger partial charge in [0.1, 0.15) is 24.2 Å². The number of carbonyl (C=O) groups is 1. The number of hydrogen-bond acceptors (Lipinski definition) is 2. The van der Waals surface area contributed by atoms with Crippen LogP contribution in [-0.2, 0) is 4.79 Å². The molecule has 1 heterocycles. The predicted octanol–water partition coefficient (Wildman–Crippen LogP) is 2.41. The number of benzene rings is 1. The lowest BCUT2D eigenvalue weighted by atomic mass is 9.97. The Hall–Kier alpha value is -1.82. The van der Waals surface area contributed by atoms with Crippen LogP contribution in [0, 0.1) is 17.5 Å². The van der Waals surface area contributed by atoms with E-state index in [0.29, 0.717) is 24.1 Å². The Morgan fingerprint density at radius 3 is 2.32 bits per heavy atom. The van der Waals surface area contributed by atoms with Crippen LogP contribution in [0.5, 0.6) is 0 Å². The maximum atomic E-state index is 13.8. The lowest BCUT2D eigenvalue weighted by molar-refractivity contribution is -0.131. The highest BCUT2D eigenvalue weighted by Crippen LogP contribution is 2.33. The van der Waals surface area contributed by atoms with Gasteiger partial charge in [0.2, 0.25) is 5.91 Å². The van der Waals surface area contributed by atoms with Crippen LogP contribution in [-0.4, -0.2) is 22.6 Å². The van der Waals surface area contributed by atoms with Gasteiger partial charge in [0.05, 0.1) is 11.3 Å². The minimum atomic E-state index is -1.10. The van der Waals surface area contributed by atoms with Crippen molar-refractivity contribution in [2.45, 2.75) is 19.8 Å². The van der Waals surface area contributed by atoms with Crippen LogP contribution in [0.15, 0.2) is 17.7 Å². The van der Waals surface area contributed by atoms with Crippen molar-refractivity contribution < 1.29 is 23.1 Å². The number of aliphatic hydroxyl groups is 1. The average molecular weight is 271 g/mol. The van der Waals surface area contributed by atoms with Crippen LogP contribution in [0.2, 0.25) is 0 Å². The molecule has 2 rings (SSSR count). The predicted molar refractivity (Wildman–Crippen MR) is 62.1 cm³/mol. The smallest absolute Gasteiger partial charge is 0.229 e. The summed E-state index contributed by atoms with van der Waals surface area (Å²) in [4.78, 5) is 12.6. The third-order valence-electron chi connectivity index (χ3n) is 3.07. The van der Waals surface area contributed by atoms with E-state index in [0.717, 1.165) is 4.90 Å². The summed E-state index contributed by atoms with van der Waals surface area (Å²) < 4.78 is 40.4. The summed E-state index contributed by atoms with van der Waals surface area (Å²) in [6.07, 6.45) is 0.515. The van der Waals surface area contributed by atoms with E-state index in [9.17, 15) is 23.1 Å². The molecule has 0 unspecified atom stereocenters. The molecule has 1 amide bonds. The quantitative estimate of drug-likeness (QED) is 0.897. The largest absolute Gasteiger partial charge is 0.376 e. The number of amides is 1. The Kier molecular flexibility index (Phi) is 3.61. The topological polar surface area (TPSA) is 40.5 Å². The second-order valence-electron chi connectivity index (χ2n) is 4.34. The van der Waals surface area contributed by atoms with E-state index < -0.39 is 35.7 Å². The molecule has 6 heteroatoms. The van der Waals surface area contributed by atoms with E-state index in [1.807, 2.05) is 0 Å². The van der Waals surface area contributed by atoms with Crippen LogP contribution in [0.1, 0.15) is 25.3 Å². The molecule has 0 aromatic heterocycles. The summed E-state index contributed by atoms with van der Waals surface area (Å²) in [5.41, 5.74) is 0.0628. The molecule has 1 aliphatic rings. The summed E-state index contributed by atoms with van der Waals surface area (Å²) in [7, 11) is 0. The van der Waals surface area contributed by atoms with Crippen LogP contribution in [0.3, 0.4) is 0 Å². The Labute approximate surface area is 108 Å². The van der Waals surface area contributed by atoms with E-state index in [4.69, 9.17) is 0 Å². The van der Waals surface area contributed by atoms with Crippen LogP contribution >= 0.6 is 0 Å². The lowest BCUT2D eigenvalue weighted by Crippen LogP contribution is -2.34. The molecule has 0 radical (unpaired) electrons. The van der Waals surface area contributed by atoms with Crippen LogP contribution in [0.25, 0.3) is 5.70 Å². The highest BCUT2D eigenvalue weighted by Gasteiger charge is 2.29. The molecule has 1 aromatic carbocycles. The highest BCUT2D eigenvalue weighted by atomic mass is 19.1. The van der Waals surface area contributed by atoms with Gasteiger partial charge >= 0.3 is 0 Å². The SMILES string of the molecule is CC1=C(c2c(F)cc(F)cc2F)N(CO)C(=O)CC1. The van der Waals surface area contributed by atoms with Gasteiger partial charge in [-0.25, -0.2) is 13.2 Å². The molecule has 102 valence electrons. The molecule has 0 saturated carbocycles. The average Bonchev–Trinajstić information content (AvgIpc) is 2.32. The summed E-state index contributed by atoms with van der Waals surface area (Å²) in [6, 6.07) is 1.10. The zero-order valence-electron chi connectivity index (χ0n) is 10.2. The second-order valence-corrected chi connectivity index (χ2v) is 4.34. The molecule has 0 fully saturated rings. The number of rotatable bonds is 2. The molecule has 0 spiro atoms. The van der Waals surface area contributed by atoms with Gasteiger partial charge in [-0.15, -0.1) is 0 Å². The fourth-order valence-corrected chi connectivity index (χ4v) is 2.17. The van der Waals surface area contributed by atoms with Crippen molar-refractivity contribution in [2.75, 3.05) is 6.73 Å². The normalized spacial score (nSPS) is 16.3. The summed E-state index contributed by atoms with van der Waals surface area (Å²) in [6.45, 7) is 0.939. The number of nitrogens with zero attached hydrogens (tertiary/aromatic N) is 1. The van der Waals surface area contributed by atoms with Crippen molar-refractivity contribution in [1.29, 1.82) is 0 Å². The first-order valence-corrected chi connectivity index (χ1v) is 5.71. The van der Waals surface area contributed by atoms with Crippen molar-refractivity contribution in [3.8, 4) is 0 Å². The lowest BCUT2D eigenvalue weighted by Gasteiger charge is -2.30. The number of aliphatic hydroxyl groups excluding tert-OH is 1. The van der Waals surface area contributed by atoms with Gasteiger partial charge in [0, 0.05) is 18.6 Å². The summed E-state index contributed by atoms with van der Waals surface area (Å²) >= 11 is 0. The molecular formula is C13H12F3NO2. The minimum absolute atomic E-state index is 0.0197. The second kappa shape index (κ2) is 5.05. The van der Waals surface area contributed by atoms with E-state index in [2.05, 4.69) is 0 Å². The van der Waals surface area contributed by atoms with Gasteiger partial charge in [-0.05, 0) is 18.9 Å². The molecule has 0 saturated heterocycles. The first-order valence-electron chi connectivity index (χ1n) is 5.71. The molecule has 0 aliphatic carbocycles. The van der Waals surface area contributed by atoms with Gasteiger partial charge in [0.15, 0.2) is 0 Å². The summed E-state index contributed by atoms with van der Waals surface area (Å²) in [5, 5.41) is 9.20. The van der Waals surface area contributed by atoms with Gasteiger partial charge in [0.25, 0.3) is 0 Å². The van der Waals surface area contributed by atoms with Gasteiger partial charge < -0.3 is 5.11 Å². The zero-order chi connectivity index (χ0) is 14.2. The van der Waals surface area contributed by atoms with Gasteiger partial charge in [-0.1, -0.05) is 0 Å². The van der Waals surface area contributed by atoms with E-state index >= 15 is 0 Å². The summed E-state index contributed by atoms with van der Waals surface area (Å²) in [5.74, 6) is -3.65. The first kappa shape index (κ1) is 13.6. The fraction of sp³-hybridized carbons (Fsp3) is 0.308. The minimum Gasteiger partial charge on any atom is -0.376 e. The van der Waals surface area contributed by atoms with Gasteiger partial charge in [-0.3, -0.25) is 9.69 Å². The molecule has 1 aromatic rings. The molecule has 19 heavy (non-hydrogen) atoms. The van der Waals surface area contributed by atoms with Crippen molar-refractivity contribution in [3.05, 3.63) is 40.7 Å². The maximum absolute atomic E-state index is 13.8. The highest BCUT2D eigenvalue weighted by molar-refractivity contribution is 5.90. The Bertz CT molecular complexity index is 546. The van der Waals surface area contributed by atoms with Crippen molar-refractivity contribution in [3.63, 3.8) is 0 Å². The van der Waals surface area contributed by atoms with Crippen LogP contribution < -0.4 is 0 Å². The van der Waals surface area contributed by atoms with Gasteiger partial charge in [-0.2, -0.15) is 0 Å². The van der Waals surface area contributed by atoms with E-state index in [-0.39, 0.29) is 12.1 Å². The van der Waals surface area contributed by atoms with Crippen molar-refractivity contribution in [2.24, 2.45) is 0 Å². The number of halogens is 3. The fourth-order valence-electron chi connectivity index (χ4n) is 2.17. The number of hydrogen-bond donors (Lipinski definition) is 1. The molecule has 1 N–H and O–H groups in total. The first-order chi connectivity index (χ1) is 8.95. The third kappa shape index (κ3) is 2.35. The third-order valence-corrected chi connectivity index (χ3v) is 3.07. The molecule has 3 nitrogen and oxygen atoms in total. The van der Waals surface area contributed by atoms with Crippen molar-refractivity contribution in [1.82, 2.24) is 4.90 Å². The monoisotopic (exact) mass is 271 g/mol. The molecule has 1 aliphatic heterocycles. The molecule has 0 atom stereocenters. The van der Waals surface area contributed by atoms with E-state index in [1.54, 1.807) is 6.92 Å². The standard InChI is InChI=1S/C13H12F3NO2/c1-7-2-3-11(19)17(6-18)13(7)12-9(15)4-8(14)5-10(12)16/h4-5,18H,2-3,6H2,1H3. The van der Waals surface area contributed by atoms with E-state index in [1.165, 1.54) is 0 Å². The number of carbonyl (C=O) groups excluding carboxylic acids is 1. The van der Waals surface area contributed by atoms with Crippen molar-refractivity contribution >= 4 is 11.6 Å².